The SMILES string of the molecule is CNCCCNC(=O)NC(C(=O)O)C1CC1. The van der Waals surface area contributed by atoms with Crippen molar-refractivity contribution in [3.63, 3.8) is 0 Å². The van der Waals surface area contributed by atoms with Gasteiger partial charge in [-0.15, -0.1) is 0 Å². The van der Waals surface area contributed by atoms with Gasteiger partial charge in [-0.05, 0) is 38.8 Å². The van der Waals surface area contributed by atoms with E-state index in [4.69, 9.17) is 5.11 Å². The maximum Gasteiger partial charge on any atom is 0.326 e. The molecule has 1 fully saturated rings. The maximum atomic E-state index is 11.3. The first-order chi connectivity index (χ1) is 7.65. The molecule has 0 aliphatic heterocycles. The molecule has 1 aliphatic carbocycles. The fourth-order valence-corrected chi connectivity index (χ4v) is 1.47. The number of rotatable bonds is 7. The van der Waals surface area contributed by atoms with E-state index >= 15 is 0 Å². The van der Waals surface area contributed by atoms with E-state index in [1.54, 1.807) is 0 Å². The third-order valence-electron chi connectivity index (χ3n) is 2.54. The third-order valence-corrected chi connectivity index (χ3v) is 2.54. The molecular weight excluding hydrogens is 210 g/mol. The molecule has 1 saturated carbocycles. The first-order valence-electron chi connectivity index (χ1n) is 5.57. The summed E-state index contributed by atoms with van der Waals surface area (Å²) in [6, 6.07) is -1.13. The highest BCUT2D eigenvalue weighted by molar-refractivity contribution is 5.83. The topological polar surface area (TPSA) is 90.5 Å². The van der Waals surface area contributed by atoms with Crippen LogP contribution in [0.5, 0.6) is 0 Å². The summed E-state index contributed by atoms with van der Waals surface area (Å²) in [5.41, 5.74) is 0. The second-order valence-corrected chi connectivity index (χ2v) is 4.01. The van der Waals surface area contributed by atoms with E-state index in [9.17, 15) is 9.59 Å². The first kappa shape index (κ1) is 12.8. The molecule has 1 unspecified atom stereocenters. The Bertz CT molecular complexity index is 254. The fourth-order valence-electron chi connectivity index (χ4n) is 1.47. The molecule has 2 amide bonds. The van der Waals surface area contributed by atoms with Gasteiger partial charge in [0.1, 0.15) is 6.04 Å². The number of urea groups is 1. The molecule has 0 radical (unpaired) electrons. The lowest BCUT2D eigenvalue weighted by Gasteiger charge is -2.14. The molecular formula is C10H19N3O3. The third kappa shape index (κ3) is 4.48. The van der Waals surface area contributed by atoms with E-state index in [0.717, 1.165) is 25.8 Å². The Morgan fingerprint density at radius 2 is 2.06 bits per heavy atom. The summed E-state index contributed by atoms with van der Waals surface area (Å²) in [6.07, 6.45) is 2.60. The Balaban J connectivity index is 2.18. The number of hydrogen-bond acceptors (Lipinski definition) is 3. The minimum atomic E-state index is -0.951. The largest absolute Gasteiger partial charge is 0.480 e. The van der Waals surface area contributed by atoms with Crippen molar-refractivity contribution in [2.75, 3.05) is 20.1 Å². The van der Waals surface area contributed by atoms with Crippen LogP contribution in [-0.4, -0.2) is 43.3 Å². The Kier molecular flexibility index (Phi) is 5.04. The number of aliphatic carboxylic acids is 1. The van der Waals surface area contributed by atoms with Crippen LogP contribution in [0, 0.1) is 5.92 Å². The van der Waals surface area contributed by atoms with E-state index in [0.29, 0.717) is 6.54 Å². The Labute approximate surface area is 94.8 Å². The van der Waals surface area contributed by atoms with Crippen LogP contribution in [0.3, 0.4) is 0 Å². The molecule has 1 atom stereocenters. The molecule has 1 rings (SSSR count). The van der Waals surface area contributed by atoms with E-state index in [1.165, 1.54) is 0 Å². The van der Waals surface area contributed by atoms with Crippen molar-refractivity contribution < 1.29 is 14.7 Å². The summed E-state index contributed by atoms with van der Waals surface area (Å²) in [5.74, 6) is -0.839. The Morgan fingerprint density at radius 1 is 1.38 bits per heavy atom. The van der Waals surface area contributed by atoms with Crippen LogP contribution in [0.25, 0.3) is 0 Å². The second kappa shape index (κ2) is 6.32. The van der Waals surface area contributed by atoms with Crippen LogP contribution in [0.2, 0.25) is 0 Å². The standard InChI is InChI=1S/C10H19N3O3/c1-11-5-2-6-12-10(16)13-8(9(14)15)7-3-4-7/h7-8,11H,2-6H2,1H3,(H,14,15)(H2,12,13,16). The molecule has 6 heteroatoms. The zero-order chi connectivity index (χ0) is 12.0. The van der Waals surface area contributed by atoms with Gasteiger partial charge < -0.3 is 21.1 Å². The van der Waals surface area contributed by atoms with Gasteiger partial charge >= 0.3 is 12.0 Å². The van der Waals surface area contributed by atoms with E-state index < -0.39 is 18.0 Å². The fraction of sp³-hybridized carbons (Fsp3) is 0.800. The highest BCUT2D eigenvalue weighted by Gasteiger charge is 2.37. The minimum Gasteiger partial charge on any atom is -0.480 e. The molecule has 0 spiro atoms. The van der Waals surface area contributed by atoms with Gasteiger partial charge in [-0.3, -0.25) is 0 Å². The molecule has 16 heavy (non-hydrogen) atoms. The van der Waals surface area contributed by atoms with Crippen LogP contribution >= 0.6 is 0 Å². The summed E-state index contributed by atoms with van der Waals surface area (Å²) in [7, 11) is 1.84. The summed E-state index contributed by atoms with van der Waals surface area (Å²) >= 11 is 0. The normalized spacial score (nSPS) is 16.6. The highest BCUT2D eigenvalue weighted by atomic mass is 16.4. The van der Waals surface area contributed by atoms with Crippen molar-refractivity contribution >= 4 is 12.0 Å². The molecule has 0 aromatic carbocycles. The smallest absolute Gasteiger partial charge is 0.326 e. The van der Waals surface area contributed by atoms with Crippen LogP contribution in [0.1, 0.15) is 19.3 Å². The number of carboxylic acids is 1. The summed E-state index contributed by atoms with van der Waals surface area (Å²) < 4.78 is 0. The molecule has 0 saturated heterocycles. The molecule has 1 aliphatic rings. The molecule has 6 nitrogen and oxygen atoms in total. The Morgan fingerprint density at radius 3 is 2.56 bits per heavy atom. The number of nitrogens with one attached hydrogen (secondary N) is 3. The second-order valence-electron chi connectivity index (χ2n) is 4.01. The number of amides is 2. The van der Waals surface area contributed by atoms with Crippen molar-refractivity contribution in [1.29, 1.82) is 0 Å². The van der Waals surface area contributed by atoms with Crippen LogP contribution in [0.15, 0.2) is 0 Å². The predicted octanol–water partition coefficient (Wildman–Crippen LogP) is -0.242. The van der Waals surface area contributed by atoms with Crippen molar-refractivity contribution in [2.45, 2.75) is 25.3 Å². The molecule has 0 heterocycles. The minimum absolute atomic E-state index is 0.112. The van der Waals surface area contributed by atoms with Crippen LogP contribution in [-0.2, 0) is 4.79 Å². The first-order valence-corrected chi connectivity index (χ1v) is 5.57. The van der Waals surface area contributed by atoms with Crippen molar-refractivity contribution in [3.8, 4) is 0 Å². The summed E-state index contributed by atoms with van der Waals surface area (Å²) in [4.78, 5) is 22.2. The average Bonchev–Trinajstić information content (AvgIpc) is 3.04. The van der Waals surface area contributed by atoms with Gasteiger partial charge in [0.15, 0.2) is 0 Å². The molecule has 0 aromatic rings. The van der Waals surface area contributed by atoms with E-state index in [-0.39, 0.29) is 5.92 Å². The highest BCUT2D eigenvalue weighted by Crippen LogP contribution is 2.32. The molecule has 0 aromatic heterocycles. The zero-order valence-electron chi connectivity index (χ0n) is 9.45. The van der Waals surface area contributed by atoms with Gasteiger partial charge in [0, 0.05) is 6.54 Å². The van der Waals surface area contributed by atoms with E-state index in [1.807, 2.05) is 7.05 Å². The molecule has 92 valence electrons. The molecule has 0 bridgehead atoms. The van der Waals surface area contributed by atoms with Gasteiger partial charge in [-0.25, -0.2) is 9.59 Å². The number of carbonyl (C=O) groups excluding carboxylic acids is 1. The van der Waals surface area contributed by atoms with Gasteiger partial charge in [0.25, 0.3) is 0 Å². The number of carboxylic acid groups (broad SMARTS) is 1. The lowest BCUT2D eigenvalue weighted by molar-refractivity contribution is -0.139. The van der Waals surface area contributed by atoms with E-state index in [2.05, 4.69) is 16.0 Å². The van der Waals surface area contributed by atoms with Gasteiger partial charge in [0.05, 0.1) is 0 Å². The monoisotopic (exact) mass is 229 g/mol. The van der Waals surface area contributed by atoms with Gasteiger partial charge in [-0.2, -0.15) is 0 Å². The van der Waals surface area contributed by atoms with Crippen LogP contribution < -0.4 is 16.0 Å². The summed E-state index contributed by atoms with van der Waals surface area (Å²) in [6.45, 7) is 1.37. The predicted molar refractivity (Wildman–Crippen MR) is 59.2 cm³/mol. The molecule has 4 N–H and O–H groups in total. The Hall–Kier alpha value is -1.30. The lowest BCUT2D eigenvalue weighted by atomic mass is 10.2. The van der Waals surface area contributed by atoms with Crippen molar-refractivity contribution in [1.82, 2.24) is 16.0 Å². The van der Waals surface area contributed by atoms with Crippen molar-refractivity contribution in [3.05, 3.63) is 0 Å². The quantitative estimate of drug-likeness (QED) is 0.453. The summed E-state index contributed by atoms with van der Waals surface area (Å²) in [5, 5.41) is 17.0. The maximum absolute atomic E-state index is 11.3. The number of carbonyl (C=O) groups is 2. The lowest BCUT2D eigenvalue weighted by Crippen LogP contribution is -2.47. The van der Waals surface area contributed by atoms with Gasteiger partial charge in [-0.1, -0.05) is 0 Å². The van der Waals surface area contributed by atoms with Crippen LogP contribution in [0.4, 0.5) is 4.79 Å². The zero-order valence-corrected chi connectivity index (χ0v) is 9.45. The number of hydrogen-bond donors (Lipinski definition) is 4. The van der Waals surface area contributed by atoms with Crippen molar-refractivity contribution in [2.24, 2.45) is 5.92 Å². The van der Waals surface area contributed by atoms with Gasteiger partial charge in [0.2, 0.25) is 0 Å². The average molecular weight is 229 g/mol.